The Morgan fingerprint density at radius 2 is 1.12 bits per heavy atom. The summed E-state index contributed by atoms with van der Waals surface area (Å²) in [5, 5.41) is 22.1. The fraction of sp³-hybridized carbons (Fsp3) is 0.172. The molecule has 0 spiro atoms. The number of aliphatic hydroxyl groups is 2. The smallest absolute Gasteiger partial charge is 0.143 e. The van der Waals surface area contributed by atoms with Crippen molar-refractivity contribution in [2.45, 2.75) is 24.2 Å². The summed E-state index contributed by atoms with van der Waals surface area (Å²) < 4.78 is 6.67. The van der Waals surface area contributed by atoms with Gasteiger partial charge in [0.2, 0.25) is 0 Å². The fourth-order valence-electron chi connectivity index (χ4n) is 4.18. The number of rotatable bonds is 9. The van der Waals surface area contributed by atoms with Crippen LogP contribution in [0, 0.1) is 0 Å². The monoisotopic (exact) mass is 492 g/mol. The molecule has 0 aromatic heterocycles. The molecule has 0 aliphatic rings. The molecule has 0 bridgehead atoms. The van der Waals surface area contributed by atoms with Crippen LogP contribution in [0.2, 0.25) is 10.0 Å². The van der Waals surface area contributed by atoms with Crippen molar-refractivity contribution in [3.63, 3.8) is 0 Å². The van der Waals surface area contributed by atoms with E-state index in [0.29, 0.717) is 15.6 Å². The summed E-state index contributed by atoms with van der Waals surface area (Å²) in [4.78, 5) is 0. The number of ether oxygens (including phenoxy) is 1. The van der Waals surface area contributed by atoms with Crippen molar-refractivity contribution >= 4 is 23.2 Å². The van der Waals surface area contributed by atoms with E-state index in [2.05, 4.69) is 0 Å². The van der Waals surface area contributed by atoms with Crippen LogP contribution in [0.4, 0.5) is 0 Å². The Labute approximate surface area is 210 Å². The van der Waals surface area contributed by atoms with Crippen molar-refractivity contribution in [1.82, 2.24) is 0 Å². The average molecular weight is 493 g/mol. The summed E-state index contributed by atoms with van der Waals surface area (Å²) in [6.07, 6.45) is -1.94. The van der Waals surface area contributed by atoms with Crippen molar-refractivity contribution < 1.29 is 14.9 Å². The van der Waals surface area contributed by atoms with Gasteiger partial charge in [0.05, 0.1) is 22.8 Å². The maximum atomic E-state index is 10.7. The van der Waals surface area contributed by atoms with Crippen molar-refractivity contribution in [2.24, 2.45) is 0 Å². The summed E-state index contributed by atoms with van der Waals surface area (Å²) in [6, 6.07) is 34.9. The molecule has 0 saturated carbocycles. The Morgan fingerprint density at radius 1 is 0.647 bits per heavy atom. The molecule has 0 heterocycles. The fourth-order valence-corrected chi connectivity index (χ4v) is 4.48. The lowest BCUT2D eigenvalue weighted by atomic mass is 9.80. The van der Waals surface area contributed by atoms with E-state index in [4.69, 9.17) is 27.9 Å². The van der Waals surface area contributed by atoms with Crippen LogP contribution in [0.15, 0.2) is 109 Å². The van der Waals surface area contributed by atoms with E-state index in [-0.39, 0.29) is 13.0 Å². The zero-order valence-electron chi connectivity index (χ0n) is 18.5. The molecule has 2 N–H and O–H groups in total. The number of hydrogen-bond acceptors (Lipinski definition) is 3. The van der Waals surface area contributed by atoms with Gasteiger partial charge >= 0.3 is 0 Å². The summed E-state index contributed by atoms with van der Waals surface area (Å²) in [5.41, 5.74) is 2.56. The van der Waals surface area contributed by atoms with Gasteiger partial charge in [-0.1, -0.05) is 120 Å². The Balaban J connectivity index is 1.63. The minimum atomic E-state index is -1.11. The first-order valence-corrected chi connectivity index (χ1v) is 11.9. The summed E-state index contributed by atoms with van der Waals surface area (Å²) in [7, 11) is 0. The lowest BCUT2D eigenvalue weighted by Gasteiger charge is -2.36. The number of benzene rings is 4. The second-order valence-electron chi connectivity index (χ2n) is 8.10. The summed E-state index contributed by atoms with van der Waals surface area (Å²) in [5.74, 6) is 0. The Bertz CT molecular complexity index is 1090. The minimum Gasteiger partial charge on any atom is -0.390 e. The molecule has 0 aliphatic carbocycles. The van der Waals surface area contributed by atoms with E-state index in [1.807, 2.05) is 91.0 Å². The highest BCUT2D eigenvalue weighted by atomic mass is 35.5. The zero-order chi connectivity index (χ0) is 24.0. The predicted molar refractivity (Wildman–Crippen MR) is 137 cm³/mol. The predicted octanol–water partition coefficient (Wildman–Crippen LogP) is 6.79. The highest BCUT2D eigenvalue weighted by molar-refractivity contribution is 6.42. The van der Waals surface area contributed by atoms with E-state index in [1.165, 1.54) is 0 Å². The third-order valence-electron chi connectivity index (χ3n) is 5.92. The minimum absolute atomic E-state index is 0.207. The maximum Gasteiger partial charge on any atom is 0.143 e. The molecule has 0 aliphatic heterocycles. The lowest BCUT2D eigenvalue weighted by molar-refractivity contribution is -0.0363. The molecule has 2 atom stereocenters. The van der Waals surface area contributed by atoms with Gasteiger partial charge in [-0.05, 0) is 40.8 Å². The van der Waals surface area contributed by atoms with Crippen LogP contribution in [-0.4, -0.2) is 22.9 Å². The molecule has 5 heteroatoms. The number of hydrogen-bond donors (Lipinski definition) is 2. The molecule has 0 saturated heterocycles. The van der Waals surface area contributed by atoms with Crippen molar-refractivity contribution in [3.8, 4) is 0 Å². The van der Waals surface area contributed by atoms with Crippen LogP contribution in [0.3, 0.4) is 0 Å². The Kier molecular flexibility index (Phi) is 8.04. The summed E-state index contributed by atoms with van der Waals surface area (Å²) in [6.45, 7) is 0.207. The van der Waals surface area contributed by atoms with Gasteiger partial charge in [-0.15, -0.1) is 0 Å². The molecular formula is C29H26Cl2O3. The summed E-state index contributed by atoms with van der Waals surface area (Å²) >= 11 is 12.1. The first-order chi connectivity index (χ1) is 16.5. The lowest BCUT2D eigenvalue weighted by Crippen LogP contribution is -2.34. The van der Waals surface area contributed by atoms with Crippen LogP contribution >= 0.6 is 23.2 Å². The topological polar surface area (TPSA) is 49.7 Å². The van der Waals surface area contributed by atoms with E-state index in [1.54, 1.807) is 18.2 Å². The molecule has 4 aromatic carbocycles. The molecule has 34 heavy (non-hydrogen) atoms. The number of halogens is 2. The normalized spacial score (nSPS) is 13.4. The third kappa shape index (κ3) is 5.20. The molecule has 2 unspecified atom stereocenters. The molecular weight excluding hydrogens is 467 g/mol. The molecule has 174 valence electrons. The van der Waals surface area contributed by atoms with Crippen molar-refractivity contribution in [2.75, 3.05) is 6.61 Å². The van der Waals surface area contributed by atoms with Crippen LogP contribution in [0.5, 0.6) is 0 Å². The third-order valence-corrected chi connectivity index (χ3v) is 6.66. The van der Waals surface area contributed by atoms with Gasteiger partial charge in [-0.3, -0.25) is 0 Å². The molecule has 0 radical (unpaired) electrons. The first-order valence-electron chi connectivity index (χ1n) is 11.1. The van der Waals surface area contributed by atoms with Gasteiger partial charge in [0.15, 0.2) is 0 Å². The van der Waals surface area contributed by atoms with E-state index in [0.717, 1.165) is 16.7 Å². The Morgan fingerprint density at radius 3 is 1.56 bits per heavy atom. The van der Waals surface area contributed by atoms with Crippen LogP contribution < -0.4 is 0 Å². The van der Waals surface area contributed by atoms with Gasteiger partial charge in [-0.2, -0.15) is 0 Å². The standard InChI is InChI=1S/C29H26Cl2O3/c30-25-17-16-21(20-26(25)31)28(33)27(32)18-19-34-29(22-10-4-1-5-11-22,23-12-6-2-7-13-23)24-14-8-3-9-15-24/h1-17,20,27-28,32-33H,18-19H2. The first kappa shape index (κ1) is 24.5. The van der Waals surface area contributed by atoms with Gasteiger partial charge in [0, 0.05) is 0 Å². The molecule has 3 nitrogen and oxygen atoms in total. The quantitative estimate of drug-likeness (QED) is 0.253. The second kappa shape index (κ2) is 11.2. The SMILES string of the molecule is OC(CCOC(c1ccccc1)(c1ccccc1)c1ccccc1)C(O)c1ccc(Cl)c(Cl)c1. The van der Waals surface area contributed by atoms with Crippen LogP contribution in [0.25, 0.3) is 0 Å². The molecule has 0 amide bonds. The second-order valence-corrected chi connectivity index (χ2v) is 8.92. The van der Waals surface area contributed by atoms with Gasteiger partial charge < -0.3 is 14.9 Å². The van der Waals surface area contributed by atoms with E-state index >= 15 is 0 Å². The van der Waals surface area contributed by atoms with E-state index in [9.17, 15) is 10.2 Å². The Hall–Kier alpha value is -2.66. The van der Waals surface area contributed by atoms with Crippen LogP contribution in [-0.2, 0) is 10.3 Å². The average Bonchev–Trinajstić information content (AvgIpc) is 2.89. The molecule has 0 fully saturated rings. The van der Waals surface area contributed by atoms with Gasteiger partial charge in [0.1, 0.15) is 11.7 Å². The largest absolute Gasteiger partial charge is 0.390 e. The zero-order valence-corrected chi connectivity index (χ0v) is 20.0. The maximum absolute atomic E-state index is 10.7. The number of aliphatic hydroxyl groups excluding tert-OH is 2. The highest BCUT2D eigenvalue weighted by Crippen LogP contribution is 2.40. The molecule has 4 rings (SSSR count). The van der Waals surface area contributed by atoms with Gasteiger partial charge in [-0.25, -0.2) is 0 Å². The highest BCUT2D eigenvalue weighted by Gasteiger charge is 2.37. The van der Waals surface area contributed by atoms with Crippen LogP contribution in [0.1, 0.15) is 34.8 Å². The van der Waals surface area contributed by atoms with Gasteiger partial charge in [0.25, 0.3) is 0 Å². The van der Waals surface area contributed by atoms with E-state index < -0.39 is 17.8 Å². The van der Waals surface area contributed by atoms with Crippen molar-refractivity contribution in [1.29, 1.82) is 0 Å². The van der Waals surface area contributed by atoms with Crippen molar-refractivity contribution in [3.05, 3.63) is 141 Å². The molecule has 4 aromatic rings.